The summed E-state index contributed by atoms with van der Waals surface area (Å²) in [6.45, 7) is 4.88. The first-order valence-corrected chi connectivity index (χ1v) is 11.8. The Morgan fingerprint density at radius 3 is 2.79 bits per heavy atom. The van der Waals surface area contributed by atoms with Gasteiger partial charge in [0.15, 0.2) is 0 Å². The lowest BCUT2D eigenvalue weighted by molar-refractivity contribution is 0.0383. The van der Waals surface area contributed by atoms with Crippen molar-refractivity contribution in [3.8, 4) is 5.69 Å². The number of nitrogens with one attached hydrogen (secondary N) is 2. The topological polar surface area (TPSA) is 71.4 Å². The van der Waals surface area contributed by atoms with Crippen LogP contribution in [0.3, 0.4) is 0 Å². The maximum atomic E-state index is 12.7. The smallest absolute Gasteiger partial charge is 0.251 e. The summed E-state index contributed by atoms with van der Waals surface area (Å²) in [5, 5.41) is 11.4. The third kappa shape index (κ3) is 5.26. The van der Waals surface area contributed by atoms with Crippen LogP contribution in [-0.4, -0.2) is 66.0 Å². The predicted octanol–water partition coefficient (Wildman–Crippen LogP) is 2.90. The first-order chi connectivity index (χ1) is 16.3. The van der Waals surface area contributed by atoms with Crippen molar-refractivity contribution in [2.45, 2.75) is 25.3 Å². The predicted molar refractivity (Wildman–Crippen MR) is 129 cm³/mol. The highest BCUT2D eigenvalue weighted by molar-refractivity contribution is 5.94. The van der Waals surface area contributed by atoms with Gasteiger partial charge in [0.05, 0.1) is 25.1 Å². The lowest BCUT2D eigenvalue weighted by atomic mass is 9.93. The highest BCUT2D eigenvalue weighted by atomic mass is 16.5. The van der Waals surface area contributed by atoms with Crippen LogP contribution >= 0.6 is 0 Å². The Labute approximate surface area is 194 Å². The van der Waals surface area contributed by atoms with Crippen LogP contribution in [0.1, 0.15) is 28.0 Å². The Hall–Kier alpha value is -3.16. The number of morpholine rings is 1. The van der Waals surface area contributed by atoms with E-state index >= 15 is 0 Å². The van der Waals surface area contributed by atoms with Crippen LogP contribution in [0.2, 0.25) is 0 Å². The molecule has 1 atom stereocenters. The summed E-state index contributed by atoms with van der Waals surface area (Å²) in [6.07, 6.45) is 4.93. The van der Waals surface area contributed by atoms with Crippen molar-refractivity contribution in [2.24, 2.45) is 0 Å². The molecule has 5 rings (SSSR count). The van der Waals surface area contributed by atoms with Crippen molar-refractivity contribution >= 4 is 11.6 Å². The molecule has 7 nitrogen and oxygen atoms in total. The number of fused-ring (bicyclic) bond motifs is 1. The maximum absolute atomic E-state index is 12.7. The molecule has 2 aliphatic rings. The molecule has 3 aromatic rings. The molecule has 0 radical (unpaired) electrons. The molecular formula is C26H31N5O2. The zero-order valence-electron chi connectivity index (χ0n) is 18.9. The van der Waals surface area contributed by atoms with Gasteiger partial charge in [-0.25, -0.2) is 4.68 Å². The Morgan fingerprint density at radius 2 is 1.94 bits per heavy atom. The lowest BCUT2D eigenvalue weighted by Gasteiger charge is -2.26. The number of benzene rings is 2. The van der Waals surface area contributed by atoms with E-state index in [1.54, 1.807) is 0 Å². The van der Waals surface area contributed by atoms with Crippen LogP contribution in [0, 0.1) is 0 Å². The number of anilines is 1. The van der Waals surface area contributed by atoms with Crippen LogP contribution in [-0.2, 0) is 17.6 Å². The molecule has 1 fully saturated rings. The first-order valence-electron chi connectivity index (χ1n) is 11.8. The van der Waals surface area contributed by atoms with Gasteiger partial charge in [0.1, 0.15) is 0 Å². The van der Waals surface area contributed by atoms with E-state index < -0.39 is 0 Å². The van der Waals surface area contributed by atoms with E-state index in [1.165, 1.54) is 11.3 Å². The maximum Gasteiger partial charge on any atom is 0.251 e. The molecule has 172 valence electrons. The molecule has 1 aliphatic carbocycles. The van der Waals surface area contributed by atoms with Gasteiger partial charge >= 0.3 is 0 Å². The number of carbonyl (C=O) groups excluding carboxylic acids is 1. The van der Waals surface area contributed by atoms with Gasteiger partial charge in [-0.2, -0.15) is 5.10 Å². The summed E-state index contributed by atoms with van der Waals surface area (Å²) in [5.74, 6) is -0.0433. The van der Waals surface area contributed by atoms with E-state index in [2.05, 4.69) is 44.9 Å². The molecule has 1 aliphatic heterocycles. The van der Waals surface area contributed by atoms with Gasteiger partial charge < -0.3 is 15.4 Å². The van der Waals surface area contributed by atoms with E-state index in [-0.39, 0.29) is 5.91 Å². The van der Waals surface area contributed by atoms with Crippen molar-refractivity contribution in [1.29, 1.82) is 0 Å². The van der Waals surface area contributed by atoms with Crippen LogP contribution in [0.15, 0.2) is 60.8 Å². The van der Waals surface area contributed by atoms with Gasteiger partial charge in [0.2, 0.25) is 0 Å². The monoisotopic (exact) mass is 445 g/mol. The minimum absolute atomic E-state index is 0.0433. The van der Waals surface area contributed by atoms with E-state index in [4.69, 9.17) is 4.74 Å². The second-order valence-electron chi connectivity index (χ2n) is 8.74. The van der Waals surface area contributed by atoms with Crippen molar-refractivity contribution < 1.29 is 9.53 Å². The fourth-order valence-corrected chi connectivity index (χ4v) is 4.67. The third-order valence-corrected chi connectivity index (χ3v) is 6.47. The summed E-state index contributed by atoms with van der Waals surface area (Å²) < 4.78 is 7.37. The Kier molecular flexibility index (Phi) is 6.69. The van der Waals surface area contributed by atoms with Crippen molar-refractivity contribution in [3.63, 3.8) is 0 Å². The molecule has 1 unspecified atom stereocenters. The molecule has 0 bridgehead atoms. The number of hydrogen-bond donors (Lipinski definition) is 2. The molecule has 1 aromatic heterocycles. The van der Waals surface area contributed by atoms with Crippen LogP contribution in [0.25, 0.3) is 5.69 Å². The summed E-state index contributed by atoms with van der Waals surface area (Å²) in [5.41, 5.74) is 5.27. The average molecular weight is 446 g/mol. The van der Waals surface area contributed by atoms with Gasteiger partial charge in [-0.3, -0.25) is 9.69 Å². The Balaban J connectivity index is 1.22. The molecule has 2 heterocycles. The summed E-state index contributed by atoms with van der Waals surface area (Å²) in [7, 11) is 0. The van der Waals surface area contributed by atoms with Gasteiger partial charge in [0.25, 0.3) is 5.91 Å². The second kappa shape index (κ2) is 10.2. The van der Waals surface area contributed by atoms with Crippen molar-refractivity contribution in [2.75, 3.05) is 44.7 Å². The number of aromatic nitrogens is 2. The van der Waals surface area contributed by atoms with E-state index in [0.717, 1.165) is 63.5 Å². The molecule has 0 spiro atoms. The fraction of sp³-hybridized carbons (Fsp3) is 0.385. The molecule has 1 amide bonds. The summed E-state index contributed by atoms with van der Waals surface area (Å²) in [6, 6.07) is 18.5. The van der Waals surface area contributed by atoms with E-state index in [0.29, 0.717) is 18.2 Å². The zero-order chi connectivity index (χ0) is 22.5. The molecule has 0 saturated carbocycles. The standard InChI is InChI=1S/C26H31N5O2/c32-26(27-11-12-30-13-15-33-16-14-30)20-5-4-8-24(18-20)31-25-10-9-23(17-21(25)19-28-31)29-22-6-2-1-3-7-22/h1-8,18-19,23,29H,9-17H2,(H,27,32). The Morgan fingerprint density at radius 1 is 1.09 bits per heavy atom. The largest absolute Gasteiger partial charge is 0.382 e. The number of nitrogens with zero attached hydrogens (tertiary/aromatic N) is 3. The SMILES string of the molecule is O=C(NCCN1CCOCC1)c1cccc(-n2ncc3c2CCC(Nc2ccccc2)C3)c1. The minimum Gasteiger partial charge on any atom is -0.382 e. The van der Waals surface area contributed by atoms with Crippen molar-refractivity contribution in [3.05, 3.63) is 77.6 Å². The zero-order valence-corrected chi connectivity index (χ0v) is 18.9. The van der Waals surface area contributed by atoms with E-state index in [1.807, 2.05) is 41.2 Å². The van der Waals surface area contributed by atoms with Crippen LogP contribution < -0.4 is 10.6 Å². The summed E-state index contributed by atoms with van der Waals surface area (Å²) >= 11 is 0. The van der Waals surface area contributed by atoms with E-state index in [9.17, 15) is 4.79 Å². The Bertz CT molecular complexity index is 1080. The number of amides is 1. The van der Waals surface area contributed by atoms with Gasteiger partial charge in [0, 0.05) is 49.2 Å². The lowest BCUT2D eigenvalue weighted by Crippen LogP contribution is -2.41. The highest BCUT2D eigenvalue weighted by Crippen LogP contribution is 2.26. The van der Waals surface area contributed by atoms with Gasteiger partial charge in [-0.1, -0.05) is 24.3 Å². The fourth-order valence-electron chi connectivity index (χ4n) is 4.67. The molecule has 33 heavy (non-hydrogen) atoms. The molecule has 2 aromatic carbocycles. The number of hydrogen-bond acceptors (Lipinski definition) is 5. The first kappa shape index (κ1) is 21.7. The van der Waals surface area contributed by atoms with Gasteiger partial charge in [-0.05, 0) is 55.2 Å². The number of ether oxygens (including phenoxy) is 1. The molecular weight excluding hydrogens is 414 g/mol. The number of carbonyl (C=O) groups is 1. The molecule has 1 saturated heterocycles. The third-order valence-electron chi connectivity index (χ3n) is 6.47. The van der Waals surface area contributed by atoms with Gasteiger partial charge in [-0.15, -0.1) is 0 Å². The van der Waals surface area contributed by atoms with Crippen LogP contribution in [0.5, 0.6) is 0 Å². The minimum atomic E-state index is -0.0433. The quantitative estimate of drug-likeness (QED) is 0.585. The molecule has 7 heteroatoms. The number of para-hydroxylation sites is 1. The molecule has 2 N–H and O–H groups in total. The summed E-state index contributed by atoms with van der Waals surface area (Å²) in [4.78, 5) is 15.0. The highest BCUT2D eigenvalue weighted by Gasteiger charge is 2.23. The number of rotatable bonds is 7. The normalized spacial score (nSPS) is 18.5. The average Bonchev–Trinajstić information content (AvgIpc) is 3.29. The second-order valence-corrected chi connectivity index (χ2v) is 8.74. The van der Waals surface area contributed by atoms with Crippen molar-refractivity contribution in [1.82, 2.24) is 20.0 Å². The van der Waals surface area contributed by atoms with Crippen LogP contribution in [0.4, 0.5) is 5.69 Å².